The molecule has 76 valence electrons. The maximum atomic E-state index is 3.56. The van der Waals surface area contributed by atoms with Crippen molar-refractivity contribution >= 4 is 11.8 Å². The van der Waals surface area contributed by atoms with E-state index in [1.807, 2.05) is 11.8 Å². The third kappa shape index (κ3) is 2.12. The highest BCUT2D eigenvalue weighted by molar-refractivity contribution is 7.99. The van der Waals surface area contributed by atoms with Crippen molar-refractivity contribution in [2.75, 3.05) is 12.3 Å². The minimum atomic E-state index is 0.518. The first-order valence-corrected chi connectivity index (χ1v) is 6.24. The van der Waals surface area contributed by atoms with Crippen LogP contribution in [0.4, 0.5) is 0 Å². The van der Waals surface area contributed by atoms with Gasteiger partial charge in [-0.1, -0.05) is 23.8 Å². The van der Waals surface area contributed by atoms with Crippen LogP contribution in [0.15, 0.2) is 18.2 Å². The van der Waals surface area contributed by atoms with Crippen molar-refractivity contribution in [3.63, 3.8) is 0 Å². The van der Waals surface area contributed by atoms with E-state index in [-0.39, 0.29) is 0 Å². The molecule has 1 atom stereocenters. The van der Waals surface area contributed by atoms with Gasteiger partial charge in [-0.2, -0.15) is 0 Å². The van der Waals surface area contributed by atoms with E-state index < -0.39 is 0 Å². The minimum Gasteiger partial charge on any atom is -0.302 e. The molecule has 1 fully saturated rings. The van der Waals surface area contributed by atoms with E-state index in [1.165, 1.54) is 28.9 Å². The molecule has 0 aliphatic carbocycles. The fourth-order valence-electron chi connectivity index (χ4n) is 1.88. The molecule has 14 heavy (non-hydrogen) atoms. The van der Waals surface area contributed by atoms with Crippen LogP contribution in [0, 0.1) is 13.8 Å². The summed E-state index contributed by atoms with van der Waals surface area (Å²) in [5.74, 6) is 1.28. The molecule has 1 nitrogen and oxygen atoms in total. The van der Waals surface area contributed by atoms with Crippen LogP contribution in [-0.4, -0.2) is 12.3 Å². The van der Waals surface area contributed by atoms with Gasteiger partial charge in [0, 0.05) is 0 Å². The van der Waals surface area contributed by atoms with E-state index in [9.17, 15) is 0 Å². The summed E-state index contributed by atoms with van der Waals surface area (Å²) in [7, 11) is 0. The average molecular weight is 207 g/mol. The number of hydrogen-bond acceptors (Lipinski definition) is 2. The van der Waals surface area contributed by atoms with Crippen LogP contribution in [0.25, 0.3) is 0 Å². The Hall–Kier alpha value is -0.470. The first-order valence-electron chi connectivity index (χ1n) is 5.19. The van der Waals surface area contributed by atoms with E-state index >= 15 is 0 Å². The highest BCUT2D eigenvalue weighted by atomic mass is 32.2. The van der Waals surface area contributed by atoms with Crippen molar-refractivity contribution in [1.29, 1.82) is 0 Å². The van der Waals surface area contributed by atoms with Crippen LogP contribution in [0.2, 0.25) is 0 Å². The second kappa shape index (κ2) is 4.37. The fourth-order valence-corrected chi connectivity index (χ4v) is 3.11. The molecule has 0 saturated carbocycles. The molecule has 1 aromatic rings. The van der Waals surface area contributed by atoms with Crippen LogP contribution >= 0.6 is 11.8 Å². The Morgan fingerprint density at radius 1 is 1.36 bits per heavy atom. The number of rotatable bonds is 1. The molecule has 1 saturated heterocycles. The van der Waals surface area contributed by atoms with Crippen LogP contribution < -0.4 is 5.32 Å². The third-order valence-corrected chi connectivity index (χ3v) is 3.92. The van der Waals surface area contributed by atoms with E-state index in [0.29, 0.717) is 5.37 Å². The number of benzene rings is 1. The molecule has 2 rings (SSSR count). The number of aryl methyl sites for hydroxylation is 2. The Morgan fingerprint density at radius 2 is 2.21 bits per heavy atom. The van der Waals surface area contributed by atoms with Gasteiger partial charge >= 0.3 is 0 Å². The topological polar surface area (TPSA) is 12.0 Å². The summed E-state index contributed by atoms with van der Waals surface area (Å²) < 4.78 is 0. The number of hydrogen-bond donors (Lipinski definition) is 1. The molecule has 1 unspecified atom stereocenters. The molecule has 0 bridgehead atoms. The molecule has 0 radical (unpaired) electrons. The Labute approximate surface area is 90.3 Å². The lowest BCUT2D eigenvalue weighted by atomic mass is 10.1. The van der Waals surface area contributed by atoms with Gasteiger partial charge < -0.3 is 5.32 Å². The van der Waals surface area contributed by atoms with Crippen molar-refractivity contribution in [3.8, 4) is 0 Å². The van der Waals surface area contributed by atoms with Gasteiger partial charge in [0.05, 0.1) is 5.37 Å². The fraction of sp³-hybridized carbons (Fsp3) is 0.500. The maximum absolute atomic E-state index is 3.56. The number of nitrogens with one attached hydrogen (secondary N) is 1. The predicted molar refractivity (Wildman–Crippen MR) is 63.7 cm³/mol. The predicted octanol–water partition coefficient (Wildman–Crippen LogP) is 3.03. The van der Waals surface area contributed by atoms with Crippen LogP contribution in [0.3, 0.4) is 0 Å². The Balaban J connectivity index is 2.22. The minimum absolute atomic E-state index is 0.518. The van der Waals surface area contributed by atoms with E-state index in [2.05, 4.69) is 37.4 Å². The van der Waals surface area contributed by atoms with Gasteiger partial charge in [-0.3, -0.25) is 0 Å². The van der Waals surface area contributed by atoms with Crippen molar-refractivity contribution in [1.82, 2.24) is 5.32 Å². The third-order valence-electron chi connectivity index (χ3n) is 2.64. The summed E-state index contributed by atoms with van der Waals surface area (Å²) in [4.78, 5) is 0. The summed E-state index contributed by atoms with van der Waals surface area (Å²) in [6.07, 6.45) is 1.30. The molecule has 1 aromatic carbocycles. The molecular formula is C12H17NS. The summed E-state index contributed by atoms with van der Waals surface area (Å²) in [5.41, 5.74) is 4.23. The van der Waals surface area contributed by atoms with E-state index in [1.54, 1.807) is 0 Å². The van der Waals surface area contributed by atoms with Crippen molar-refractivity contribution in [3.05, 3.63) is 34.9 Å². The second-order valence-corrected chi connectivity index (χ2v) is 5.13. The maximum Gasteiger partial charge on any atom is 0.0791 e. The van der Waals surface area contributed by atoms with Crippen molar-refractivity contribution < 1.29 is 0 Å². The molecule has 1 aliphatic rings. The second-order valence-electron chi connectivity index (χ2n) is 3.92. The standard InChI is InChI=1S/C12H17NS/c1-9-4-5-11(10(2)8-9)12-13-6-3-7-14-12/h4-5,8,12-13H,3,6-7H2,1-2H3. The van der Waals surface area contributed by atoms with Gasteiger partial charge in [0.2, 0.25) is 0 Å². The summed E-state index contributed by atoms with van der Waals surface area (Å²) >= 11 is 2.03. The first-order chi connectivity index (χ1) is 6.77. The Morgan fingerprint density at radius 3 is 2.86 bits per heavy atom. The zero-order valence-corrected chi connectivity index (χ0v) is 9.66. The van der Waals surface area contributed by atoms with Gasteiger partial charge in [-0.25, -0.2) is 0 Å². The van der Waals surface area contributed by atoms with Gasteiger partial charge in [0.1, 0.15) is 0 Å². The van der Waals surface area contributed by atoms with Crippen molar-refractivity contribution in [2.24, 2.45) is 0 Å². The molecule has 2 heteroatoms. The molecule has 1 N–H and O–H groups in total. The summed E-state index contributed by atoms with van der Waals surface area (Å²) in [5, 5.41) is 4.08. The molecule has 1 heterocycles. The molecule has 0 aromatic heterocycles. The monoisotopic (exact) mass is 207 g/mol. The first kappa shape index (κ1) is 10.1. The average Bonchev–Trinajstić information content (AvgIpc) is 2.19. The van der Waals surface area contributed by atoms with Crippen LogP contribution in [0.5, 0.6) is 0 Å². The van der Waals surface area contributed by atoms with E-state index in [0.717, 1.165) is 6.54 Å². The van der Waals surface area contributed by atoms with Crippen molar-refractivity contribution in [2.45, 2.75) is 25.6 Å². The lowest BCUT2D eigenvalue weighted by Gasteiger charge is -2.24. The molecule has 1 aliphatic heterocycles. The normalized spacial score (nSPS) is 22.3. The molecule has 0 spiro atoms. The van der Waals surface area contributed by atoms with Gasteiger partial charge in [0.25, 0.3) is 0 Å². The SMILES string of the molecule is Cc1ccc(C2NCCCS2)c(C)c1. The van der Waals surface area contributed by atoms with Gasteiger partial charge in [0.15, 0.2) is 0 Å². The highest BCUT2D eigenvalue weighted by Gasteiger charge is 2.16. The van der Waals surface area contributed by atoms with Gasteiger partial charge in [-0.05, 0) is 43.7 Å². The summed E-state index contributed by atoms with van der Waals surface area (Å²) in [6, 6.07) is 6.74. The van der Waals surface area contributed by atoms with E-state index in [4.69, 9.17) is 0 Å². The Kier molecular flexibility index (Phi) is 3.14. The largest absolute Gasteiger partial charge is 0.302 e. The quantitative estimate of drug-likeness (QED) is 0.759. The van der Waals surface area contributed by atoms with Gasteiger partial charge in [-0.15, -0.1) is 11.8 Å². The van der Waals surface area contributed by atoms with Crippen LogP contribution in [-0.2, 0) is 0 Å². The smallest absolute Gasteiger partial charge is 0.0791 e. The highest BCUT2D eigenvalue weighted by Crippen LogP contribution is 2.31. The molecule has 0 amide bonds. The zero-order valence-electron chi connectivity index (χ0n) is 8.84. The molecular weight excluding hydrogens is 190 g/mol. The lowest BCUT2D eigenvalue weighted by molar-refractivity contribution is 0.641. The zero-order chi connectivity index (χ0) is 9.97. The lowest BCUT2D eigenvalue weighted by Crippen LogP contribution is -2.25. The van der Waals surface area contributed by atoms with Crippen LogP contribution in [0.1, 0.15) is 28.5 Å². The number of thioether (sulfide) groups is 1. The summed E-state index contributed by atoms with van der Waals surface area (Å²) in [6.45, 7) is 5.52. The Bertz CT molecular complexity index is 316.